The number of carbonyl (C=O) groups is 1. The molecule has 2 heterocycles. The molecule has 2 N–H and O–H groups in total. The highest BCUT2D eigenvalue weighted by molar-refractivity contribution is 6.31. The number of fused-ring (bicyclic) bond motifs is 1. The van der Waals surface area contributed by atoms with Crippen LogP contribution in [-0.4, -0.2) is 60.2 Å². The molecule has 3 aromatic rings. The van der Waals surface area contributed by atoms with Crippen LogP contribution in [0, 0.1) is 5.82 Å². The first-order valence-corrected chi connectivity index (χ1v) is 12.5. The van der Waals surface area contributed by atoms with Crippen molar-refractivity contribution >= 4 is 39.9 Å². The number of nitrogens with one attached hydrogen (secondary N) is 2. The second-order valence-electron chi connectivity index (χ2n) is 8.76. The Labute approximate surface area is 215 Å². The average Bonchev–Trinajstić information content (AvgIpc) is 2.87. The Balaban J connectivity index is 1.43. The molecule has 0 unspecified atom stereocenters. The molecule has 0 radical (unpaired) electrons. The lowest BCUT2D eigenvalue weighted by Gasteiger charge is -2.32. The number of likely N-dealkylation sites (tertiary alicyclic amines) is 1. The minimum absolute atomic E-state index is 0.0266. The maximum absolute atomic E-state index is 13.6. The molecule has 4 rings (SSSR count). The quantitative estimate of drug-likeness (QED) is 0.395. The number of carbonyl (C=O) groups excluding carboxylic acids is 1. The zero-order valence-electron chi connectivity index (χ0n) is 20.5. The fraction of sp³-hybridized carbons (Fsp3) is 0.423. The average molecular weight is 516 g/mol. The van der Waals surface area contributed by atoms with E-state index in [0.717, 1.165) is 44.3 Å². The van der Waals surface area contributed by atoms with Crippen molar-refractivity contribution in [1.29, 1.82) is 0 Å². The summed E-state index contributed by atoms with van der Waals surface area (Å²) in [6, 6.07) is 8.10. The third-order valence-corrected chi connectivity index (χ3v) is 6.45. The predicted octanol–water partition coefficient (Wildman–Crippen LogP) is 4.93. The maximum atomic E-state index is 13.6. The Bertz CT molecular complexity index is 1200. The number of aromatic nitrogens is 2. The Morgan fingerprint density at radius 2 is 2.00 bits per heavy atom. The number of benzene rings is 2. The molecule has 1 aliphatic rings. The standard InChI is InChI=1S/C26H31ClFN5O3/c1-3-4-25(34)29-9-12-33-10-7-18(8-11-33)36-24-14-19-22(15-23(24)35-2)30-16-31-26(19)32-17-5-6-21(28)20(27)13-17/h5-6,13-16,18H,3-4,7-12H2,1-2H3,(H,29,34)(H,30,31,32). The molecule has 1 aliphatic heterocycles. The van der Waals surface area contributed by atoms with E-state index in [4.69, 9.17) is 21.1 Å². The van der Waals surface area contributed by atoms with Crippen LogP contribution in [-0.2, 0) is 4.79 Å². The summed E-state index contributed by atoms with van der Waals surface area (Å²) in [4.78, 5) is 22.7. The first-order chi connectivity index (χ1) is 17.5. The van der Waals surface area contributed by atoms with E-state index in [1.807, 2.05) is 19.1 Å². The van der Waals surface area contributed by atoms with Crippen molar-refractivity contribution in [3.63, 3.8) is 0 Å². The lowest BCUT2D eigenvalue weighted by molar-refractivity contribution is -0.121. The van der Waals surface area contributed by atoms with Crippen LogP contribution in [0.1, 0.15) is 32.6 Å². The van der Waals surface area contributed by atoms with Gasteiger partial charge in [0.2, 0.25) is 5.91 Å². The fourth-order valence-corrected chi connectivity index (χ4v) is 4.41. The number of amides is 1. The monoisotopic (exact) mass is 515 g/mol. The topological polar surface area (TPSA) is 88.6 Å². The van der Waals surface area contributed by atoms with E-state index >= 15 is 0 Å². The minimum atomic E-state index is -0.484. The van der Waals surface area contributed by atoms with Gasteiger partial charge in [0.05, 0.1) is 17.6 Å². The van der Waals surface area contributed by atoms with Gasteiger partial charge in [-0.05, 0) is 43.5 Å². The molecule has 10 heteroatoms. The molecule has 2 aromatic carbocycles. The number of rotatable bonds is 10. The zero-order chi connectivity index (χ0) is 25.5. The van der Waals surface area contributed by atoms with Gasteiger partial charge in [0.25, 0.3) is 0 Å². The van der Waals surface area contributed by atoms with E-state index in [2.05, 4.69) is 25.5 Å². The zero-order valence-corrected chi connectivity index (χ0v) is 21.3. The number of piperidine rings is 1. The second-order valence-corrected chi connectivity index (χ2v) is 9.16. The van der Waals surface area contributed by atoms with Crippen molar-refractivity contribution in [2.45, 2.75) is 38.7 Å². The normalized spacial score (nSPS) is 14.6. The van der Waals surface area contributed by atoms with Gasteiger partial charge in [-0.25, -0.2) is 14.4 Å². The van der Waals surface area contributed by atoms with Crippen LogP contribution in [0.4, 0.5) is 15.9 Å². The summed E-state index contributed by atoms with van der Waals surface area (Å²) in [6.45, 7) is 5.29. The summed E-state index contributed by atoms with van der Waals surface area (Å²) in [5.74, 6) is 1.39. The maximum Gasteiger partial charge on any atom is 0.220 e. The second kappa shape index (κ2) is 12.2. The first-order valence-electron chi connectivity index (χ1n) is 12.2. The van der Waals surface area contributed by atoms with Crippen molar-refractivity contribution in [1.82, 2.24) is 20.2 Å². The molecule has 8 nitrogen and oxygen atoms in total. The summed E-state index contributed by atoms with van der Waals surface area (Å²) in [6.07, 6.45) is 4.67. The summed E-state index contributed by atoms with van der Waals surface area (Å²) >= 11 is 5.93. The van der Waals surface area contributed by atoms with Crippen molar-refractivity contribution in [2.75, 3.05) is 38.6 Å². The third-order valence-electron chi connectivity index (χ3n) is 6.16. The van der Waals surface area contributed by atoms with Crippen LogP contribution in [0.2, 0.25) is 5.02 Å². The van der Waals surface area contributed by atoms with Crippen LogP contribution in [0.3, 0.4) is 0 Å². The fourth-order valence-electron chi connectivity index (χ4n) is 4.23. The van der Waals surface area contributed by atoms with E-state index in [-0.39, 0.29) is 17.0 Å². The van der Waals surface area contributed by atoms with Gasteiger partial charge in [-0.1, -0.05) is 18.5 Å². The molecule has 0 atom stereocenters. The number of nitrogens with zero attached hydrogens (tertiary/aromatic N) is 3. The summed E-state index contributed by atoms with van der Waals surface area (Å²) in [5, 5.41) is 6.93. The highest BCUT2D eigenvalue weighted by atomic mass is 35.5. The van der Waals surface area contributed by atoms with E-state index in [1.54, 1.807) is 13.2 Å². The van der Waals surface area contributed by atoms with Gasteiger partial charge in [0.1, 0.15) is 24.1 Å². The smallest absolute Gasteiger partial charge is 0.220 e. The van der Waals surface area contributed by atoms with E-state index in [0.29, 0.717) is 41.5 Å². The number of methoxy groups -OCH3 is 1. The minimum Gasteiger partial charge on any atom is -0.493 e. The first kappa shape index (κ1) is 25.9. The molecule has 192 valence electrons. The largest absolute Gasteiger partial charge is 0.493 e. The molecule has 36 heavy (non-hydrogen) atoms. The van der Waals surface area contributed by atoms with Gasteiger partial charge in [-0.3, -0.25) is 4.79 Å². The predicted molar refractivity (Wildman–Crippen MR) is 139 cm³/mol. The van der Waals surface area contributed by atoms with Gasteiger partial charge in [-0.2, -0.15) is 0 Å². The van der Waals surface area contributed by atoms with Crippen LogP contribution >= 0.6 is 11.6 Å². The van der Waals surface area contributed by atoms with Crippen molar-refractivity contribution in [3.8, 4) is 11.5 Å². The Morgan fingerprint density at radius 3 is 2.72 bits per heavy atom. The molecular weight excluding hydrogens is 485 g/mol. The summed E-state index contributed by atoms with van der Waals surface area (Å²) < 4.78 is 25.5. The van der Waals surface area contributed by atoms with E-state index < -0.39 is 5.82 Å². The van der Waals surface area contributed by atoms with Crippen LogP contribution in [0.15, 0.2) is 36.7 Å². The number of ether oxygens (including phenoxy) is 2. The molecule has 1 aromatic heterocycles. The van der Waals surface area contributed by atoms with Crippen molar-refractivity contribution in [2.24, 2.45) is 0 Å². The lowest BCUT2D eigenvalue weighted by atomic mass is 10.1. The highest BCUT2D eigenvalue weighted by Gasteiger charge is 2.22. The number of hydrogen-bond donors (Lipinski definition) is 2. The van der Waals surface area contributed by atoms with Gasteiger partial charge in [0, 0.05) is 49.7 Å². The lowest BCUT2D eigenvalue weighted by Crippen LogP contribution is -2.42. The van der Waals surface area contributed by atoms with Crippen LogP contribution in [0.5, 0.6) is 11.5 Å². The summed E-state index contributed by atoms with van der Waals surface area (Å²) in [5.41, 5.74) is 1.29. The number of anilines is 2. The van der Waals surface area contributed by atoms with Crippen LogP contribution < -0.4 is 20.1 Å². The van der Waals surface area contributed by atoms with Crippen LogP contribution in [0.25, 0.3) is 10.9 Å². The van der Waals surface area contributed by atoms with Gasteiger partial charge in [-0.15, -0.1) is 0 Å². The molecule has 0 spiro atoms. The third kappa shape index (κ3) is 6.53. The van der Waals surface area contributed by atoms with Gasteiger partial charge in [0.15, 0.2) is 11.5 Å². The number of halogens is 2. The molecule has 0 saturated carbocycles. The van der Waals surface area contributed by atoms with Crippen molar-refractivity contribution in [3.05, 3.63) is 47.5 Å². The Hall–Kier alpha value is -3.17. The summed E-state index contributed by atoms with van der Waals surface area (Å²) in [7, 11) is 1.60. The molecule has 1 amide bonds. The highest BCUT2D eigenvalue weighted by Crippen LogP contribution is 2.36. The van der Waals surface area contributed by atoms with E-state index in [1.165, 1.54) is 18.5 Å². The Morgan fingerprint density at radius 1 is 1.19 bits per heavy atom. The molecule has 1 fully saturated rings. The number of hydrogen-bond acceptors (Lipinski definition) is 7. The molecule has 0 aliphatic carbocycles. The Kier molecular flexibility index (Phi) is 8.77. The molecular formula is C26H31ClFN5O3. The van der Waals surface area contributed by atoms with E-state index in [9.17, 15) is 9.18 Å². The van der Waals surface area contributed by atoms with Crippen molar-refractivity contribution < 1.29 is 18.7 Å². The van der Waals surface area contributed by atoms with Gasteiger partial charge >= 0.3 is 0 Å². The SMILES string of the molecule is CCCC(=O)NCCN1CCC(Oc2cc3c(Nc4ccc(F)c(Cl)c4)ncnc3cc2OC)CC1. The molecule has 1 saturated heterocycles. The molecule has 0 bridgehead atoms. The van der Waals surface area contributed by atoms with Gasteiger partial charge < -0.3 is 25.0 Å².